The smallest absolute Gasteiger partial charge is 0.416 e. The van der Waals surface area contributed by atoms with Gasteiger partial charge in [0.25, 0.3) is 0 Å². The number of carbonyl (C=O) groups is 1. The van der Waals surface area contributed by atoms with E-state index in [1.165, 1.54) is 0 Å². The van der Waals surface area contributed by atoms with E-state index in [1.54, 1.807) is 31.2 Å². The Labute approximate surface area is 166 Å². The number of rotatable bonds is 4. The lowest BCUT2D eigenvalue weighted by Gasteiger charge is -2.15. The Morgan fingerprint density at radius 1 is 0.931 bits per heavy atom. The van der Waals surface area contributed by atoms with Crippen LogP contribution in [0.5, 0.6) is 5.75 Å². The van der Waals surface area contributed by atoms with Crippen LogP contribution in [0.1, 0.15) is 29.2 Å². The topological polar surface area (TPSA) is 26.3 Å². The predicted octanol–water partition coefficient (Wildman–Crippen LogP) is 6.55. The van der Waals surface area contributed by atoms with E-state index in [1.807, 2.05) is 6.08 Å². The van der Waals surface area contributed by atoms with Gasteiger partial charge in [0, 0.05) is 10.8 Å². The normalized spacial score (nSPS) is 17.4. The van der Waals surface area contributed by atoms with Crippen LogP contribution in [0.15, 0.2) is 48.5 Å². The second kappa shape index (κ2) is 7.78. The first-order valence-corrected chi connectivity index (χ1v) is 9.20. The van der Waals surface area contributed by atoms with Gasteiger partial charge in [-0.2, -0.15) is 26.3 Å². The molecule has 0 N–H and O–H groups in total. The predicted molar refractivity (Wildman–Crippen MR) is 97.0 cm³/mol. The number of allylic oxidation sites excluding steroid dienone is 1. The van der Waals surface area contributed by atoms with Gasteiger partial charge >= 0.3 is 12.4 Å². The Balaban J connectivity index is 1.76. The molecule has 0 saturated carbocycles. The third-order valence-electron chi connectivity index (χ3n) is 4.18. The van der Waals surface area contributed by atoms with Crippen molar-refractivity contribution in [2.45, 2.75) is 25.9 Å². The Morgan fingerprint density at radius 2 is 1.48 bits per heavy atom. The van der Waals surface area contributed by atoms with Gasteiger partial charge in [-0.05, 0) is 41.5 Å². The van der Waals surface area contributed by atoms with Gasteiger partial charge in [0.15, 0.2) is 5.12 Å². The lowest BCUT2D eigenvalue weighted by atomic mass is 10.1. The SMILES string of the molecule is CC1C=C(c2ccc(OCc3cc(C(F)(F)F)cc(C(F)(F)F)c3)cc2)SC1=O. The molecule has 0 radical (unpaired) electrons. The van der Waals surface area contributed by atoms with E-state index in [4.69, 9.17) is 4.74 Å². The molecule has 3 rings (SSSR count). The quantitative estimate of drug-likeness (QED) is 0.513. The minimum absolute atomic E-state index is 0.0327. The van der Waals surface area contributed by atoms with Crippen molar-refractivity contribution < 1.29 is 35.9 Å². The zero-order valence-corrected chi connectivity index (χ0v) is 15.7. The standard InChI is InChI=1S/C20H14F6O2S/c1-11-6-17(29-18(11)27)13-2-4-16(5-3-13)28-10-12-7-14(19(21,22)23)9-15(8-12)20(24,25)26/h2-9,11H,10H2,1H3. The second-order valence-corrected chi connectivity index (χ2v) is 7.51. The lowest BCUT2D eigenvalue weighted by molar-refractivity contribution is -0.143. The number of alkyl halides is 6. The summed E-state index contributed by atoms with van der Waals surface area (Å²) < 4.78 is 82.8. The van der Waals surface area contributed by atoms with Crippen molar-refractivity contribution in [2.75, 3.05) is 0 Å². The van der Waals surface area contributed by atoms with Crippen molar-refractivity contribution in [1.29, 1.82) is 0 Å². The molecule has 9 heteroatoms. The number of halogens is 6. The second-order valence-electron chi connectivity index (χ2n) is 6.47. The maximum Gasteiger partial charge on any atom is 0.416 e. The van der Waals surface area contributed by atoms with Gasteiger partial charge < -0.3 is 4.74 Å². The third-order valence-corrected chi connectivity index (χ3v) is 5.34. The first-order valence-electron chi connectivity index (χ1n) is 8.38. The van der Waals surface area contributed by atoms with E-state index in [2.05, 4.69) is 0 Å². The molecule has 1 heterocycles. The number of ether oxygens (including phenoxy) is 1. The van der Waals surface area contributed by atoms with Crippen LogP contribution < -0.4 is 4.74 Å². The van der Waals surface area contributed by atoms with E-state index in [-0.39, 0.29) is 28.4 Å². The first kappa shape index (κ1) is 21.3. The van der Waals surface area contributed by atoms with Crippen molar-refractivity contribution >= 4 is 21.8 Å². The van der Waals surface area contributed by atoms with Crippen LogP contribution in [0.2, 0.25) is 0 Å². The van der Waals surface area contributed by atoms with Gasteiger partial charge in [-0.25, -0.2) is 0 Å². The van der Waals surface area contributed by atoms with Crippen LogP contribution >= 0.6 is 11.8 Å². The number of thioether (sulfide) groups is 1. The largest absolute Gasteiger partial charge is 0.489 e. The highest BCUT2D eigenvalue weighted by atomic mass is 32.2. The molecule has 1 aliphatic rings. The fourth-order valence-electron chi connectivity index (χ4n) is 2.67. The number of hydrogen-bond acceptors (Lipinski definition) is 3. The molecule has 2 aromatic carbocycles. The number of hydrogen-bond donors (Lipinski definition) is 0. The summed E-state index contributed by atoms with van der Waals surface area (Å²) in [6.45, 7) is 1.32. The van der Waals surface area contributed by atoms with Crippen LogP contribution in [0.4, 0.5) is 26.3 Å². The molecule has 2 aromatic rings. The van der Waals surface area contributed by atoms with E-state index in [0.717, 1.165) is 22.2 Å². The summed E-state index contributed by atoms with van der Waals surface area (Å²) in [7, 11) is 0. The molecule has 1 atom stereocenters. The average Bonchev–Trinajstić information content (AvgIpc) is 2.97. The molecule has 2 nitrogen and oxygen atoms in total. The van der Waals surface area contributed by atoms with Crippen LogP contribution in [0.25, 0.3) is 4.91 Å². The highest BCUT2D eigenvalue weighted by Crippen LogP contribution is 2.39. The molecule has 154 valence electrons. The zero-order chi connectivity index (χ0) is 21.4. The van der Waals surface area contributed by atoms with E-state index < -0.39 is 30.1 Å². The monoisotopic (exact) mass is 432 g/mol. The first-order chi connectivity index (χ1) is 13.4. The molecule has 1 aliphatic heterocycles. The summed E-state index contributed by atoms with van der Waals surface area (Å²) in [6.07, 6.45) is -7.98. The minimum Gasteiger partial charge on any atom is -0.489 e. The summed E-state index contributed by atoms with van der Waals surface area (Å²) in [5, 5.41) is 0.0327. The number of carbonyl (C=O) groups excluding carboxylic acids is 1. The van der Waals surface area contributed by atoms with Crippen LogP contribution in [0, 0.1) is 5.92 Å². The summed E-state index contributed by atoms with van der Waals surface area (Å²) in [5.41, 5.74) is -2.24. The highest BCUT2D eigenvalue weighted by Gasteiger charge is 2.36. The Kier molecular flexibility index (Phi) is 5.71. The fourth-order valence-corrected chi connectivity index (χ4v) is 3.67. The minimum atomic E-state index is -4.90. The maximum atomic E-state index is 12.9. The summed E-state index contributed by atoms with van der Waals surface area (Å²) >= 11 is 1.12. The van der Waals surface area contributed by atoms with Crippen molar-refractivity contribution in [1.82, 2.24) is 0 Å². The molecule has 0 fully saturated rings. The van der Waals surface area contributed by atoms with Crippen molar-refractivity contribution in [3.8, 4) is 5.75 Å². The Bertz CT molecular complexity index is 913. The molecule has 0 amide bonds. The molecule has 0 spiro atoms. The molecule has 0 aromatic heterocycles. The van der Waals surface area contributed by atoms with E-state index in [0.29, 0.717) is 12.1 Å². The van der Waals surface area contributed by atoms with Crippen molar-refractivity contribution in [3.05, 3.63) is 70.8 Å². The Morgan fingerprint density at radius 3 is 1.93 bits per heavy atom. The number of benzene rings is 2. The zero-order valence-electron chi connectivity index (χ0n) is 14.9. The summed E-state index contributed by atoms with van der Waals surface area (Å²) in [6, 6.07) is 7.78. The fraction of sp³-hybridized carbons (Fsp3) is 0.250. The maximum absolute atomic E-state index is 12.9. The average molecular weight is 432 g/mol. The van der Waals surface area contributed by atoms with Crippen LogP contribution in [-0.4, -0.2) is 5.12 Å². The van der Waals surface area contributed by atoms with Crippen LogP contribution in [-0.2, 0) is 23.8 Å². The van der Waals surface area contributed by atoms with Gasteiger partial charge in [0.05, 0.1) is 11.1 Å². The molecule has 29 heavy (non-hydrogen) atoms. The van der Waals surface area contributed by atoms with Gasteiger partial charge in [-0.1, -0.05) is 36.9 Å². The van der Waals surface area contributed by atoms with E-state index in [9.17, 15) is 31.1 Å². The van der Waals surface area contributed by atoms with E-state index >= 15 is 0 Å². The summed E-state index contributed by atoms with van der Waals surface area (Å²) in [5.74, 6) is 0.0948. The third kappa shape index (κ3) is 5.14. The van der Waals surface area contributed by atoms with Gasteiger partial charge in [0.2, 0.25) is 0 Å². The lowest BCUT2D eigenvalue weighted by Crippen LogP contribution is -2.12. The van der Waals surface area contributed by atoms with Crippen LogP contribution in [0.3, 0.4) is 0 Å². The molecule has 0 aliphatic carbocycles. The molecule has 0 saturated heterocycles. The molecular weight excluding hydrogens is 418 g/mol. The molecule has 1 unspecified atom stereocenters. The molecule has 0 bridgehead atoms. The van der Waals surface area contributed by atoms with Gasteiger partial charge in [-0.15, -0.1) is 0 Å². The Hall–Kier alpha value is -2.42. The van der Waals surface area contributed by atoms with Crippen molar-refractivity contribution in [2.24, 2.45) is 5.92 Å². The summed E-state index contributed by atoms with van der Waals surface area (Å²) in [4.78, 5) is 12.4. The van der Waals surface area contributed by atoms with Gasteiger partial charge in [-0.3, -0.25) is 4.79 Å². The van der Waals surface area contributed by atoms with Crippen molar-refractivity contribution in [3.63, 3.8) is 0 Å². The molecular formula is C20H14F6O2S. The highest BCUT2D eigenvalue weighted by molar-refractivity contribution is 8.21. The van der Waals surface area contributed by atoms with Gasteiger partial charge in [0.1, 0.15) is 12.4 Å².